The minimum Gasteiger partial charge on any atom is -0.497 e. The Kier molecular flexibility index (Phi) is 4.23. The highest BCUT2D eigenvalue weighted by molar-refractivity contribution is 6.28. The van der Waals surface area contributed by atoms with Crippen LogP contribution in [-0.2, 0) is 0 Å². The normalized spacial score (nSPS) is 10.3. The average Bonchev–Trinajstić information content (AvgIpc) is 2.45. The smallest absolute Gasteiger partial charge is 0.333 e. The number of nitrogens with zero attached hydrogens (tertiary/aromatic N) is 4. The average molecular weight is 309 g/mol. The summed E-state index contributed by atoms with van der Waals surface area (Å²) in [7, 11) is 3.22. The molecule has 1 aromatic carbocycles. The Labute approximate surface area is 126 Å². The third-order valence-electron chi connectivity index (χ3n) is 2.95. The minimum absolute atomic E-state index is 0.0390. The highest BCUT2D eigenvalue weighted by atomic mass is 35.5. The second-order valence-corrected chi connectivity index (χ2v) is 4.61. The zero-order valence-electron chi connectivity index (χ0n) is 11.7. The molecule has 1 heterocycles. The number of benzene rings is 1. The van der Waals surface area contributed by atoms with E-state index < -0.39 is 4.92 Å². The van der Waals surface area contributed by atoms with Crippen molar-refractivity contribution in [3.8, 4) is 5.75 Å². The summed E-state index contributed by atoms with van der Waals surface area (Å²) in [6.07, 6.45) is 0. The molecule has 0 spiro atoms. The van der Waals surface area contributed by atoms with Crippen molar-refractivity contribution in [2.45, 2.75) is 6.92 Å². The monoisotopic (exact) mass is 308 g/mol. The van der Waals surface area contributed by atoms with Crippen LogP contribution in [0.5, 0.6) is 5.75 Å². The van der Waals surface area contributed by atoms with Crippen molar-refractivity contribution < 1.29 is 9.66 Å². The number of hydrogen-bond acceptors (Lipinski definition) is 6. The Morgan fingerprint density at radius 2 is 2.10 bits per heavy atom. The SMILES string of the molecule is COc1cccc(N(C)c2nc(Cl)nc(C)c2[N+](=O)[O-])c1. The summed E-state index contributed by atoms with van der Waals surface area (Å²) >= 11 is 5.82. The molecule has 0 aliphatic carbocycles. The van der Waals surface area contributed by atoms with Gasteiger partial charge in [-0.05, 0) is 30.7 Å². The first-order chi connectivity index (χ1) is 9.93. The Hall–Kier alpha value is -2.41. The van der Waals surface area contributed by atoms with E-state index in [2.05, 4.69) is 9.97 Å². The first-order valence-corrected chi connectivity index (χ1v) is 6.38. The molecule has 0 atom stereocenters. The number of aromatic nitrogens is 2. The maximum Gasteiger partial charge on any atom is 0.333 e. The Balaban J connectivity index is 2.56. The van der Waals surface area contributed by atoms with E-state index in [-0.39, 0.29) is 22.5 Å². The lowest BCUT2D eigenvalue weighted by Gasteiger charge is -2.19. The minimum atomic E-state index is -0.516. The number of nitro groups is 1. The van der Waals surface area contributed by atoms with E-state index in [4.69, 9.17) is 16.3 Å². The fourth-order valence-corrected chi connectivity index (χ4v) is 2.11. The standard InChI is InChI=1S/C13H13ClN4O3/c1-8-11(18(19)20)12(16-13(14)15-8)17(2)9-5-4-6-10(7-9)21-3/h4-7H,1-3H3. The molecule has 2 aromatic rings. The third kappa shape index (κ3) is 3.03. The molecule has 0 radical (unpaired) electrons. The molecule has 0 aliphatic heterocycles. The summed E-state index contributed by atoms with van der Waals surface area (Å²) < 4.78 is 5.15. The molecule has 0 N–H and O–H groups in total. The summed E-state index contributed by atoms with van der Waals surface area (Å²) in [5.41, 5.74) is 0.723. The topological polar surface area (TPSA) is 81.4 Å². The van der Waals surface area contributed by atoms with Crippen molar-refractivity contribution in [1.82, 2.24) is 9.97 Å². The van der Waals surface area contributed by atoms with Crippen LogP contribution in [0.25, 0.3) is 0 Å². The molecule has 0 bridgehead atoms. The van der Waals surface area contributed by atoms with E-state index in [1.54, 1.807) is 43.3 Å². The molecule has 7 nitrogen and oxygen atoms in total. The number of aryl methyl sites for hydroxylation is 1. The van der Waals surface area contributed by atoms with Gasteiger partial charge in [0, 0.05) is 18.8 Å². The van der Waals surface area contributed by atoms with Crippen LogP contribution in [0.15, 0.2) is 24.3 Å². The third-order valence-corrected chi connectivity index (χ3v) is 3.12. The van der Waals surface area contributed by atoms with E-state index in [0.29, 0.717) is 11.4 Å². The van der Waals surface area contributed by atoms with Gasteiger partial charge in [0.2, 0.25) is 11.1 Å². The van der Waals surface area contributed by atoms with E-state index in [9.17, 15) is 10.1 Å². The number of halogens is 1. The molecule has 2 rings (SSSR count). The van der Waals surface area contributed by atoms with Gasteiger partial charge in [-0.2, -0.15) is 4.98 Å². The number of anilines is 2. The first kappa shape index (κ1) is 15.0. The lowest BCUT2D eigenvalue weighted by molar-refractivity contribution is -0.385. The molecular weight excluding hydrogens is 296 g/mol. The number of rotatable bonds is 4. The highest BCUT2D eigenvalue weighted by Crippen LogP contribution is 2.34. The van der Waals surface area contributed by atoms with E-state index in [0.717, 1.165) is 0 Å². The van der Waals surface area contributed by atoms with Crippen molar-refractivity contribution in [2.24, 2.45) is 0 Å². The van der Waals surface area contributed by atoms with Gasteiger partial charge in [-0.3, -0.25) is 10.1 Å². The highest BCUT2D eigenvalue weighted by Gasteiger charge is 2.25. The van der Waals surface area contributed by atoms with Gasteiger partial charge in [0.15, 0.2) is 0 Å². The summed E-state index contributed by atoms with van der Waals surface area (Å²) in [4.78, 5) is 20.1. The van der Waals surface area contributed by atoms with Crippen molar-refractivity contribution in [3.05, 3.63) is 45.4 Å². The number of methoxy groups -OCH3 is 1. The van der Waals surface area contributed by atoms with Crippen LogP contribution in [0.4, 0.5) is 17.2 Å². The van der Waals surface area contributed by atoms with Crippen LogP contribution in [0.3, 0.4) is 0 Å². The fourth-order valence-electron chi connectivity index (χ4n) is 1.91. The molecule has 21 heavy (non-hydrogen) atoms. The molecule has 0 amide bonds. The number of hydrogen-bond donors (Lipinski definition) is 0. The second-order valence-electron chi connectivity index (χ2n) is 4.27. The molecule has 110 valence electrons. The molecule has 0 saturated heterocycles. The van der Waals surface area contributed by atoms with Crippen molar-refractivity contribution >= 4 is 28.8 Å². The number of ether oxygens (including phenoxy) is 1. The van der Waals surface area contributed by atoms with Gasteiger partial charge in [-0.25, -0.2) is 4.98 Å². The lowest BCUT2D eigenvalue weighted by atomic mass is 10.2. The van der Waals surface area contributed by atoms with Gasteiger partial charge in [0.1, 0.15) is 11.4 Å². The molecule has 8 heteroatoms. The molecule has 0 unspecified atom stereocenters. The second kappa shape index (κ2) is 5.92. The zero-order valence-corrected chi connectivity index (χ0v) is 12.5. The molecule has 0 aliphatic rings. The van der Waals surface area contributed by atoms with Crippen LogP contribution in [0.2, 0.25) is 5.28 Å². The quantitative estimate of drug-likeness (QED) is 0.490. The maximum atomic E-state index is 11.2. The van der Waals surface area contributed by atoms with Crippen LogP contribution in [-0.4, -0.2) is 29.0 Å². The molecule has 0 saturated carbocycles. The van der Waals surface area contributed by atoms with Crippen LogP contribution in [0.1, 0.15) is 5.69 Å². The molecule has 0 fully saturated rings. The van der Waals surface area contributed by atoms with Gasteiger partial charge in [0.05, 0.1) is 12.0 Å². The van der Waals surface area contributed by atoms with Gasteiger partial charge >= 0.3 is 5.69 Å². The summed E-state index contributed by atoms with van der Waals surface area (Å²) in [6.45, 7) is 1.52. The predicted molar refractivity (Wildman–Crippen MR) is 79.5 cm³/mol. The van der Waals surface area contributed by atoms with E-state index >= 15 is 0 Å². The van der Waals surface area contributed by atoms with Gasteiger partial charge in [-0.15, -0.1) is 0 Å². The first-order valence-electron chi connectivity index (χ1n) is 6.00. The lowest BCUT2D eigenvalue weighted by Crippen LogP contribution is -2.15. The maximum absolute atomic E-state index is 11.2. The van der Waals surface area contributed by atoms with Gasteiger partial charge < -0.3 is 9.64 Å². The summed E-state index contributed by atoms with van der Waals surface area (Å²) in [6, 6.07) is 7.10. The van der Waals surface area contributed by atoms with E-state index in [1.165, 1.54) is 6.92 Å². The van der Waals surface area contributed by atoms with Crippen molar-refractivity contribution in [3.63, 3.8) is 0 Å². The summed E-state index contributed by atoms with van der Waals surface area (Å²) in [5, 5.41) is 11.2. The van der Waals surface area contributed by atoms with Gasteiger partial charge in [0.25, 0.3) is 0 Å². The van der Waals surface area contributed by atoms with Crippen molar-refractivity contribution in [2.75, 3.05) is 19.1 Å². The van der Waals surface area contributed by atoms with E-state index in [1.807, 2.05) is 0 Å². The predicted octanol–water partition coefficient (Wildman–Crippen LogP) is 3.12. The Bertz CT molecular complexity index is 693. The Morgan fingerprint density at radius 3 is 2.71 bits per heavy atom. The fraction of sp³-hybridized carbons (Fsp3) is 0.231. The molecule has 1 aromatic heterocycles. The largest absolute Gasteiger partial charge is 0.497 e. The van der Waals surface area contributed by atoms with Crippen LogP contribution in [0, 0.1) is 17.0 Å². The molecular formula is C13H13ClN4O3. The Morgan fingerprint density at radius 1 is 1.38 bits per heavy atom. The van der Waals surface area contributed by atoms with Crippen molar-refractivity contribution in [1.29, 1.82) is 0 Å². The van der Waals surface area contributed by atoms with Gasteiger partial charge in [-0.1, -0.05) is 6.07 Å². The summed E-state index contributed by atoms with van der Waals surface area (Å²) in [5.74, 6) is 0.768. The zero-order chi connectivity index (χ0) is 15.6. The van der Waals surface area contributed by atoms with Crippen LogP contribution >= 0.6 is 11.6 Å². The van der Waals surface area contributed by atoms with Crippen LogP contribution < -0.4 is 9.64 Å².